The summed E-state index contributed by atoms with van der Waals surface area (Å²) in [6.45, 7) is 6.24. The maximum Gasteiger partial charge on any atom is 0.0836 e. The largest absolute Gasteiger partial charge is 1.00 e. The smallest absolute Gasteiger partial charge is 0.0836 e. The summed E-state index contributed by atoms with van der Waals surface area (Å²) in [5.74, 6) is 0. The molecular formula is C15H37Br2N3. The second-order valence-corrected chi connectivity index (χ2v) is 7.16. The summed E-state index contributed by atoms with van der Waals surface area (Å²) in [6, 6.07) is 0. The number of unbranched alkanes of at least 4 members (excludes halogenated alkanes) is 4. The van der Waals surface area contributed by atoms with Crippen molar-refractivity contribution in [2.24, 2.45) is 0 Å². The molecule has 2 radical (unpaired) electrons. The first kappa shape index (κ1) is 28.9. The third-order valence-electron chi connectivity index (χ3n) is 3.46. The van der Waals surface area contributed by atoms with Crippen molar-refractivity contribution >= 4 is 0 Å². The molecule has 0 aliphatic rings. The molecular weight excluding hydrogens is 382 g/mol. The van der Waals surface area contributed by atoms with E-state index in [-0.39, 0.29) is 40.1 Å². The van der Waals surface area contributed by atoms with E-state index in [1.165, 1.54) is 62.6 Å². The van der Waals surface area contributed by atoms with Gasteiger partial charge in [-0.05, 0) is 12.8 Å². The van der Waals surface area contributed by atoms with Gasteiger partial charge in [-0.25, -0.2) is 0 Å². The van der Waals surface area contributed by atoms with Gasteiger partial charge in [0.2, 0.25) is 0 Å². The van der Waals surface area contributed by atoms with Crippen molar-refractivity contribution in [3.05, 3.63) is 0 Å². The highest BCUT2D eigenvalue weighted by atomic mass is 79.9. The van der Waals surface area contributed by atoms with Crippen LogP contribution >= 0.6 is 0 Å². The minimum absolute atomic E-state index is 0. The Kier molecular flexibility index (Phi) is 21.4. The van der Waals surface area contributed by atoms with Crippen LogP contribution in [0.3, 0.4) is 0 Å². The molecule has 0 spiro atoms. The third kappa shape index (κ3) is 21.1. The van der Waals surface area contributed by atoms with Crippen LogP contribution in [0, 0.1) is 0 Å². The van der Waals surface area contributed by atoms with Crippen molar-refractivity contribution in [1.29, 1.82) is 0 Å². The Morgan fingerprint density at radius 3 is 1.50 bits per heavy atom. The van der Waals surface area contributed by atoms with Crippen molar-refractivity contribution in [2.75, 3.05) is 54.9 Å². The van der Waals surface area contributed by atoms with Crippen LogP contribution in [-0.4, -0.2) is 63.8 Å². The van der Waals surface area contributed by atoms with E-state index in [4.69, 9.17) is 0 Å². The van der Waals surface area contributed by atoms with Gasteiger partial charge in [-0.2, -0.15) is 6.15 Å². The molecule has 0 heterocycles. The number of quaternary nitrogens is 2. The van der Waals surface area contributed by atoms with Gasteiger partial charge >= 0.3 is 0 Å². The molecule has 126 valence electrons. The normalized spacial score (nSPS) is 11.1. The Morgan fingerprint density at radius 1 is 0.600 bits per heavy atom. The fourth-order valence-corrected chi connectivity index (χ4v) is 2.23. The lowest BCUT2D eigenvalue weighted by Crippen LogP contribution is -3.00. The molecule has 0 aromatic heterocycles. The predicted molar refractivity (Wildman–Crippen MR) is 81.2 cm³/mol. The number of hydrogen-bond donors (Lipinski definition) is 0. The summed E-state index contributed by atoms with van der Waals surface area (Å²) in [5.41, 5.74) is 0. The van der Waals surface area contributed by atoms with Gasteiger partial charge < -0.3 is 42.9 Å². The quantitative estimate of drug-likeness (QED) is 0.265. The molecule has 0 saturated heterocycles. The zero-order valence-electron chi connectivity index (χ0n) is 14.5. The van der Waals surface area contributed by atoms with Crippen LogP contribution in [0.5, 0.6) is 0 Å². The molecule has 0 aliphatic carbocycles. The van der Waals surface area contributed by atoms with Gasteiger partial charge in [0.05, 0.1) is 54.9 Å². The molecule has 0 atom stereocenters. The zero-order valence-corrected chi connectivity index (χ0v) is 17.7. The predicted octanol–water partition coefficient (Wildman–Crippen LogP) is -3.13. The average Bonchev–Trinajstić information content (AvgIpc) is 2.14. The number of hydrogen-bond acceptors (Lipinski definition) is 0. The highest BCUT2D eigenvalue weighted by Crippen LogP contribution is 2.08. The van der Waals surface area contributed by atoms with Crippen LogP contribution in [-0.2, 0) is 0 Å². The lowest BCUT2D eigenvalue weighted by atomic mass is 10.1. The Balaban J connectivity index is -0.000000427. The van der Waals surface area contributed by atoms with Gasteiger partial charge in [0.1, 0.15) is 0 Å². The van der Waals surface area contributed by atoms with E-state index in [1.54, 1.807) is 0 Å². The summed E-state index contributed by atoms with van der Waals surface area (Å²) < 4.78 is 2.29. The standard InChI is InChI=1S/C15H36N2.2BrH.HN/c1-7-8-9-10-11-14-17(5,6)15-12-13-16(2,3)4;;;/h7-15H2,1-6H3;3*1H/q+2;;;/p-2. The van der Waals surface area contributed by atoms with Gasteiger partial charge in [-0.3, -0.25) is 0 Å². The van der Waals surface area contributed by atoms with Gasteiger partial charge in [0.15, 0.2) is 0 Å². The minimum Gasteiger partial charge on any atom is -1.00 e. The molecule has 0 unspecified atom stereocenters. The average molecular weight is 419 g/mol. The molecule has 0 bridgehead atoms. The lowest BCUT2D eigenvalue weighted by molar-refractivity contribution is -0.902. The van der Waals surface area contributed by atoms with Crippen LogP contribution in [0.2, 0.25) is 0 Å². The molecule has 20 heavy (non-hydrogen) atoms. The number of nitrogens with one attached hydrogen (secondary N) is 1. The highest BCUT2D eigenvalue weighted by Gasteiger charge is 2.16. The van der Waals surface area contributed by atoms with Gasteiger partial charge in [0.25, 0.3) is 0 Å². The first-order chi connectivity index (χ1) is 7.77. The van der Waals surface area contributed by atoms with Crippen LogP contribution < -0.4 is 40.1 Å². The molecule has 5 heteroatoms. The lowest BCUT2D eigenvalue weighted by Gasteiger charge is -2.31. The highest BCUT2D eigenvalue weighted by molar-refractivity contribution is 4.43. The summed E-state index contributed by atoms with van der Waals surface area (Å²) in [4.78, 5) is 0. The van der Waals surface area contributed by atoms with Crippen LogP contribution in [0.25, 0.3) is 0 Å². The van der Waals surface area contributed by atoms with Crippen molar-refractivity contribution in [3.8, 4) is 0 Å². The van der Waals surface area contributed by atoms with E-state index in [9.17, 15) is 0 Å². The molecule has 0 rings (SSSR count). The molecule has 3 nitrogen and oxygen atoms in total. The fourth-order valence-electron chi connectivity index (χ4n) is 2.23. The minimum atomic E-state index is 0. The van der Waals surface area contributed by atoms with Gasteiger partial charge in [0, 0.05) is 6.42 Å². The van der Waals surface area contributed by atoms with Crippen molar-refractivity contribution in [2.45, 2.75) is 45.4 Å². The Bertz CT molecular complexity index is 192. The SMILES string of the molecule is CCCCCCC[N+](C)(C)CCC[N+](C)(C)C.[Br-].[Br-].[NH]. The molecule has 0 aliphatic heterocycles. The monoisotopic (exact) mass is 417 g/mol. The molecule has 0 saturated carbocycles. The van der Waals surface area contributed by atoms with Crippen molar-refractivity contribution in [1.82, 2.24) is 6.15 Å². The summed E-state index contributed by atoms with van der Waals surface area (Å²) in [7, 11) is 11.6. The van der Waals surface area contributed by atoms with E-state index >= 15 is 0 Å². The zero-order chi connectivity index (χ0) is 13.4. The second kappa shape index (κ2) is 14.8. The summed E-state index contributed by atoms with van der Waals surface area (Å²) in [5, 5.41) is 0. The number of rotatable bonds is 10. The number of nitrogens with zero attached hydrogens (tertiary/aromatic N) is 2. The summed E-state index contributed by atoms with van der Waals surface area (Å²) >= 11 is 0. The molecule has 0 fully saturated rings. The van der Waals surface area contributed by atoms with Gasteiger partial charge in [-0.1, -0.05) is 26.2 Å². The molecule has 0 aromatic rings. The maximum absolute atomic E-state index is 2.38. The third-order valence-corrected chi connectivity index (χ3v) is 3.46. The van der Waals surface area contributed by atoms with Gasteiger partial charge in [-0.15, -0.1) is 0 Å². The Labute approximate surface area is 149 Å². The van der Waals surface area contributed by atoms with Crippen molar-refractivity contribution in [3.63, 3.8) is 0 Å². The van der Waals surface area contributed by atoms with Crippen LogP contribution in [0.1, 0.15) is 45.4 Å². The Hall–Kier alpha value is 0.840. The van der Waals surface area contributed by atoms with E-state index in [1.807, 2.05) is 0 Å². The van der Waals surface area contributed by atoms with E-state index in [0.29, 0.717) is 0 Å². The van der Waals surface area contributed by atoms with E-state index in [0.717, 1.165) is 4.48 Å². The van der Waals surface area contributed by atoms with Crippen LogP contribution in [0.15, 0.2) is 0 Å². The first-order valence-corrected chi connectivity index (χ1v) is 7.39. The summed E-state index contributed by atoms with van der Waals surface area (Å²) in [6.07, 6.45) is 8.35. The maximum atomic E-state index is 2.38. The second-order valence-electron chi connectivity index (χ2n) is 7.16. The number of halogens is 2. The topological polar surface area (TPSA) is 32.0 Å². The van der Waals surface area contributed by atoms with Crippen LogP contribution in [0.4, 0.5) is 0 Å². The van der Waals surface area contributed by atoms with E-state index < -0.39 is 0 Å². The first-order valence-electron chi connectivity index (χ1n) is 7.39. The fraction of sp³-hybridized carbons (Fsp3) is 1.00. The molecule has 0 aromatic carbocycles. The van der Waals surface area contributed by atoms with E-state index in [2.05, 4.69) is 42.2 Å². The molecule has 0 amide bonds. The molecule has 1 N–H and O–H groups in total. The van der Waals surface area contributed by atoms with Crippen molar-refractivity contribution < 1.29 is 42.9 Å². The Morgan fingerprint density at radius 2 is 1.05 bits per heavy atom.